The van der Waals surface area contributed by atoms with Crippen LogP contribution in [0.25, 0.3) is 10.8 Å². The van der Waals surface area contributed by atoms with Crippen molar-refractivity contribution in [3.8, 4) is 0 Å². The molecule has 0 aromatic heterocycles. The van der Waals surface area contributed by atoms with Gasteiger partial charge < -0.3 is 19.8 Å². The number of carboxylic acids is 2. The maximum Gasteiger partial charge on any atom is 0.414 e. The van der Waals surface area contributed by atoms with E-state index in [1.54, 1.807) is 0 Å². The van der Waals surface area contributed by atoms with Gasteiger partial charge in [-0.2, -0.15) is 0 Å². The Kier molecular flexibility index (Phi) is 9.97. The number of hydrogen-bond donors (Lipinski definition) is 2. The van der Waals surface area contributed by atoms with Gasteiger partial charge in [-0.25, -0.2) is 9.59 Å². The summed E-state index contributed by atoms with van der Waals surface area (Å²) in [6.45, 7) is 9.26. The highest BCUT2D eigenvalue weighted by molar-refractivity contribution is 6.27. The SMILES string of the molecule is CCN(CC)CCOCCc1ccc2ccccc2c1.O=C(O)C(=O)O. The van der Waals surface area contributed by atoms with Crippen molar-refractivity contribution in [3.63, 3.8) is 0 Å². The largest absolute Gasteiger partial charge is 0.473 e. The Morgan fingerprint density at radius 1 is 0.923 bits per heavy atom. The van der Waals surface area contributed by atoms with Crippen LogP contribution in [0.1, 0.15) is 19.4 Å². The van der Waals surface area contributed by atoms with Gasteiger partial charge in [0.1, 0.15) is 0 Å². The van der Waals surface area contributed by atoms with E-state index in [0.717, 1.165) is 39.3 Å². The lowest BCUT2D eigenvalue weighted by Gasteiger charge is -2.17. The summed E-state index contributed by atoms with van der Waals surface area (Å²) in [5.41, 5.74) is 1.35. The van der Waals surface area contributed by atoms with Gasteiger partial charge in [-0.05, 0) is 35.8 Å². The third-order valence-corrected chi connectivity index (χ3v) is 3.98. The fraction of sp³-hybridized carbons (Fsp3) is 0.400. The number of ether oxygens (including phenoxy) is 1. The molecule has 0 saturated carbocycles. The molecule has 0 fully saturated rings. The molecule has 2 N–H and O–H groups in total. The number of aliphatic carboxylic acids is 2. The standard InChI is InChI=1S/C18H25NO.C2H2O4/c1-3-19(4-2)12-14-20-13-11-16-9-10-17-7-5-6-8-18(17)15-16;3-1(4)2(5)6/h5-10,15H,3-4,11-14H2,1-2H3;(H,3,4)(H,5,6). The van der Waals surface area contributed by atoms with Crippen LogP contribution < -0.4 is 0 Å². The van der Waals surface area contributed by atoms with Crippen molar-refractivity contribution in [2.45, 2.75) is 20.3 Å². The van der Waals surface area contributed by atoms with Gasteiger partial charge in [-0.15, -0.1) is 0 Å². The Labute approximate surface area is 154 Å². The zero-order valence-electron chi connectivity index (χ0n) is 15.4. The molecular formula is C20H27NO5. The predicted octanol–water partition coefficient (Wildman–Crippen LogP) is 2.90. The molecule has 2 rings (SSSR count). The van der Waals surface area contributed by atoms with Crippen LogP contribution >= 0.6 is 0 Å². The van der Waals surface area contributed by atoms with Crippen molar-refractivity contribution in [3.05, 3.63) is 48.0 Å². The van der Waals surface area contributed by atoms with Gasteiger partial charge in [-0.3, -0.25) is 0 Å². The second kappa shape index (κ2) is 12.0. The summed E-state index contributed by atoms with van der Waals surface area (Å²) in [6, 6.07) is 15.2. The first kappa shape index (κ1) is 21.6. The lowest BCUT2D eigenvalue weighted by Crippen LogP contribution is -2.27. The van der Waals surface area contributed by atoms with Gasteiger partial charge in [0.2, 0.25) is 0 Å². The molecule has 142 valence electrons. The van der Waals surface area contributed by atoms with Gasteiger partial charge in [0, 0.05) is 6.54 Å². The van der Waals surface area contributed by atoms with Gasteiger partial charge in [0.05, 0.1) is 13.2 Å². The Balaban J connectivity index is 0.000000487. The third kappa shape index (κ3) is 8.09. The second-order valence-electron chi connectivity index (χ2n) is 5.68. The first-order valence-electron chi connectivity index (χ1n) is 8.71. The van der Waals surface area contributed by atoms with Crippen molar-refractivity contribution >= 4 is 22.7 Å². The normalized spacial score (nSPS) is 10.4. The average molecular weight is 361 g/mol. The smallest absolute Gasteiger partial charge is 0.414 e. The molecule has 0 bridgehead atoms. The molecule has 0 atom stereocenters. The van der Waals surface area contributed by atoms with Crippen LogP contribution in [0, 0.1) is 0 Å². The monoisotopic (exact) mass is 361 g/mol. The second-order valence-corrected chi connectivity index (χ2v) is 5.68. The van der Waals surface area contributed by atoms with E-state index in [-0.39, 0.29) is 0 Å². The van der Waals surface area contributed by atoms with E-state index in [9.17, 15) is 0 Å². The molecule has 0 radical (unpaired) electrons. The van der Waals surface area contributed by atoms with E-state index in [2.05, 4.69) is 61.2 Å². The van der Waals surface area contributed by atoms with Gasteiger partial charge >= 0.3 is 11.9 Å². The van der Waals surface area contributed by atoms with Crippen LogP contribution in [0.15, 0.2) is 42.5 Å². The molecular weight excluding hydrogens is 334 g/mol. The number of carbonyl (C=O) groups is 2. The molecule has 2 aromatic rings. The van der Waals surface area contributed by atoms with Crippen LogP contribution in [-0.2, 0) is 20.7 Å². The number of nitrogens with zero attached hydrogens (tertiary/aromatic N) is 1. The van der Waals surface area contributed by atoms with Crippen LogP contribution in [-0.4, -0.2) is 59.9 Å². The maximum absolute atomic E-state index is 9.10. The van der Waals surface area contributed by atoms with Crippen molar-refractivity contribution in [2.24, 2.45) is 0 Å². The fourth-order valence-corrected chi connectivity index (χ4v) is 2.42. The highest BCUT2D eigenvalue weighted by atomic mass is 16.5. The lowest BCUT2D eigenvalue weighted by molar-refractivity contribution is -0.159. The molecule has 0 aliphatic carbocycles. The topological polar surface area (TPSA) is 87.1 Å². The van der Waals surface area contributed by atoms with Crippen LogP contribution in [0.3, 0.4) is 0 Å². The highest BCUT2D eigenvalue weighted by Crippen LogP contribution is 2.15. The van der Waals surface area contributed by atoms with E-state index in [1.165, 1.54) is 16.3 Å². The van der Waals surface area contributed by atoms with Crippen LogP contribution in [0.4, 0.5) is 0 Å². The van der Waals surface area contributed by atoms with Crippen molar-refractivity contribution in [1.29, 1.82) is 0 Å². The summed E-state index contributed by atoms with van der Waals surface area (Å²) in [5, 5.41) is 17.4. The number of benzene rings is 2. The summed E-state index contributed by atoms with van der Waals surface area (Å²) in [6.07, 6.45) is 0.989. The number of rotatable bonds is 8. The Morgan fingerprint density at radius 3 is 2.12 bits per heavy atom. The maximum atomic E-state index is 9.10. The molecule has 0 aliphatic rings. The molecule has 0 saturated heterocycles. The zero-order valence-corrected chi connectivity index (χ0v) is 15.4. The molecule has 26 heavy (non-hydrogen) atoms. The fourth-order valence-electron chi connectivity index (χ4n) is 2.42. The lowest BCUT2D eigenvalue weighted by atomic mass is 10.1. The average Bonchev–Trinajstić information content (AvgIpc) is 2.65. The Bertz CT molecular complexity index is 685. The molecule has 6 heteroatoms. The van der Waals surface area contributed by atoms with E-state index < -0.39 is 11.9 Å². The minimum Gasteiger partial charge on any atom is -0.473 e. The van der Waals surface area contributed by atoms with Gasteiger partial charge in [0.15, 0.2) is 0 Å². The minimum atomic E-state index is -1.82. The number of hydrogen-bond acceptors (Lipinski definition) is 4. The molecule has 0 amide bonds. The molecule has 6 nitrogen and oxygen atoms in total. The van der Waals surface area contributed by atoms with E-state index >= 15 is 0 Å². The summed E-state index contributed by atoms with van der Waals surface area (Å²) < 4.78 is 5.74. The van der Waals surface area contributed by atoms with Gasteiger partial charge in [0.25, 0.3) is 0 Å². The first-order chi connectivity index (χ1) is 12.5. The zero-order chi connectivity index (χ0) is 19.4. The third-order valence-electron chi connectivity index (χ3n) is 3.98. The molecule has 0 unspecified atom stereocenters. The summed E-state index contributed by atoms with van der Waals surface area (Å²) in [5.74, 6) is -3.65. The number of likely N-dealkylation sites (N-methyl/N-ethyl adjacent to an activating group) is 1. The van der Waals surface area contributed by atoms with E-state index in [4.69, 9.17) is 24.5 Å². The minimum absolute atomic E-state index is 0.805. The van der Waals surface area contributed by atoms with E-state index in [0.29, 0.717) is 0 Å². The van der Waals surface area contributed by atoms with Crippen molar-refractivity contribution < 1.29 is 24.5 Å². The van der Waals surface area contributed by atoms with Crippen LogP contribution in [0.2, 0.25) is 0 Å². The Hall–Kier alpha value is -2.44. The predicted molar refractivity (Wildman–Crippen MR) is 102 cm³/mol. The number of carboxylic acid groups (broad SMARTS) is 2. The number of fused-ring (bicyclic) bond motifs is 1. The summed E-state index contributed by atoms with van der Waals surface area (Å²) >= 11 is 0. The van der Waals surface area contributed by atoms with E-state index in [1.807, 2.05) is 0 Å². The summed E-state index contributed by atoms with van der Waals surface area (Å²) in [4.78, 5) is 20.6. The Morgan fingerprint density at radius 2 is 1.54 bits per heavy atom. The van der Waals surface area contributed by atoms with Crippen molar-refractivity contribution in [1.82, 2.24) is 4.90 Å². The molecule has 0 spiro atoms. The molecule has 0 aliphatic heterocycles. The van der Waals surface area contributed by atoms with Crippen molar-refractivity contribution in [2.75, 3.05) is 32.8 Å². The summed E-state index contributed by atoms with van der Waals surface area (Å²) in [7, 11) is 0. The molecule has 0 heterocycles. The molecule has 2 aromatic carbocycles. The first-order valence-corrected chi connectivity index (χ1v) is 8.71. The van der Waals surface area contributed by atoms with Crippen LogP contribution in [0.5, 0.6) is 0 Å². The quantitative estimate of drug-likeness (QED) is 0.555. The highest BCUT2D eigenvalue weighted by Gasteiger charge is 2.04. The van der Waals surface area contributed by atoms with Gasteiger partial charge in [-0.1, -0.05) is 56.3 Å².